The van der Waals surface area contributed by atoms with Crippen LogP contribution in [0.5, 0.6) is 0 Å². The summed E-state index contributed by atoms with van der Waals surface area (Å²) in [7, 11) is 0. The van der Waals surface area contributed by atoms with E-state index >= 15 is 0 Å². The van der Waals surface area contributed by atoms with Crippen LogP contribution in [0.3, 0.4) is 0 Å². The van der Waals surface area contributed by atoms with E-state index in [1.807, 2.05) is 0 Å². The van der Waals surface area contributed by atoms with E-state index in [1.165, 1.54) is 89.9 Å². The molecule has 1 saturated heterocycles. The standard InChI is InChI=1S/C18H36O/c1-3-5-7-9-11-13-15-17-18(19-17)16-14-12-10-8-6-4-2/h17-18H,3-16H2,1-2H3/t17-,18?/m0/s1. The molecule has 1 aliphatic rings. The monoisotopic (exact) mass is 268 g/mol. The molecule has 0 bridgehead atoms. The Morgan fingerprint density at radius 3 is 1.32 bits per heavy atom. The van der Waals surface area contributed by atoms with Crippen molar-refractivity contribution in [1.29, 1.82) is 0 Å². The van der Waals surface area contributed by atoms with Crippen LogP contribution in [0.15, 0.2) is 0 Å². The van der Waals surface area contributed by atoms with Gasteiger partial charge in [-0.15, -0.1) is 0 Å². The van der Waals surface area contributed by atoms with Gasteiger partial charge in [0, 0.05) is 0 Å². The van der Waals surface area contributed by atoms with E-state index in [2.05, 4.69) is 13.8 Å². The average molecular weight is 268 g/mol. The van der Waals surface area contributed by atoms with Crippen molar-refractivity contribution in [3.8, 4) is 0 Å². The number of rotatable bonds is 14. The minimum absolute atomic E-state index is 0.641. The molecule has 0 saturated carbocycles. The van der Waals surface area contributed by atoms with Gasteiger partial charge in [-0.05, 0) is 12.8 Å². The maximum absolute atomic E-state index is 5.77. The highest BCUT2D eigenvalue weighted by molar-refractivity contribution is 4.84. The van der Waals surface area contributed by atoms with E-state index in [0.717, 1.165) is 0 Å². The molecule has 1 heterocycles. The van der Waals surface area contributed by atoms with Crippen molar-refractivity contribution in [2.75, 3.05) is 0 Å². The number of hydrogen-bond donors (Lipinski definition) is 0. The topological polar surface area (TPSA) is 12.5 Å². The molecule has 1 rings (SSSR count). The fourth-order valence-electron chi connectivity index (χ4n) is 2.94. The van der Waals surface area contributed by atoms with Crippen molar-refractivity contribution in [3.05, 3.63) is 0 Å². The zero-order chi connectivity index (χ0) is 13.8. The number of unbranched alkanes of at least 4 members (excludes halogenated alkanes) is 10. The molecule has 1 heteroatoms. The molecule has 0 N–H and O–H groups in total. The van der Waals surface area contributed by atoms with Crippen LogP contribution in [0.25, 0.3) is 0 Å². The van der Waals surface area contributed by atoms with Crippen LogP contribution < -0.4 is 0 Å². The Morgan fingerprint density at radius 1 is 0.526 bits per heavy atom. The summed E-state index contributed by atoms with van der Waals surface area (Å²) in [4.78, 5) is 0. The van der Waals surface area contributed by atoms with Crippen LogP contribution in [0, 0.1) is 0 Å². The predicted octanol–water partition coefficient (Wildman–Crippen LogP) is 6.26. The third kappa shape index (κ3) is 9.49. The lowest BCUT2D eigenvalue weighted by atomic mass is 10.0. The smallest absolute Gasteiger partial charge is 0.0841 e. The van der Waals surface area contributed by atoms with Crippen molar-refractivity contribution >= 4 is 0 Å². The normalized spacial score (nSPS) is 21.8. The molecular weight excluding hydrogens is 232 g/mol. The van der Waals surface area contributed by atoms with Gasteiger partial charge in [-0.25, -0.2) is 0 Å². The van der Waals surface area contributed by atoms with E-state index in [0.29, 0.717) is 12.2 Å². The van der Waals surface area contributed by atoms with Crippen LogP contribution in [-0.2, 0) is 4.74 Å². The molecule has 1 fully saturated rings. The Balaban J connectivity index is 1.76. The van der Waals surface area contributed by atoms with Gasteiger partial charge in [-0.2, -0.15) is 0 Å². The number of epoxide rings is 1. The first kappa shape index (κ1) is 17.0. The summed E-state index contributed by atoms with van der Waals surface area (Å²) in [5, 5.41) is 0. The second kappa shape index (κ2) is 11.8. The van der Waals surface area contributed by atoms with Gasteiger partial charge < -0.3 is 4.74 Å². The van der Waals surface area contributed by atoms with Crippen molar-refractivity contribution in [2.24, 2.45) is 0 Å². The quantitative estimate of drug-likeness (QED) is 0.268. The number of hydrogen-bond acceptors (Lipinski definition) is 1. The molecule has 2 atom stereocenters. The number of ether oxygens (including phenoxy) is 1. The first-order chi connectivity index (χ1) is 9.38. The molecule has 0 aromatic carbocycles. The summed E-state index contributed by atoms with van der Waals surface area (Å²) in [6, 6.07) is 0. The fourth-order valence-corrected chi connectivity index (χ4v) is 2.94. The Kier molecular flexibility index (Phi) is 10.5. The van der Waals surface area contributed by atoms with Gasteiger partial charge in [0.2, 0.25) is 0 Å². The first-order valence-electron chi connectivity index (χ1n) is 9.04. The molecule has 114 valence electrons. The van der Waals surface area contributed by atoms with E-state index in [-0.39, 0.29) is 0 Å². The van der Waals surface area contributed by atoms with Gasteiger partial charge in [0.1, 0.15) is 0 Å². The van der Waals surface area contributed by atoms with Crippen LogP contribution in [0.2, 0.25) is 0 Å². The van der Waals surface area contributed by atoms with Crippen LogP contribution in [-0.4, -0.2) is 12.2 Å². The zero-order valence-corrected chi connectivity index (χ0v) is 13.5. The van der Waals surface area contributed by atoms with Gasteiger partial charge in [0.25, 0.3) is 0 Å². The molecule has 0 spiro atoms. The maximum atomic E-state index is 5.77. The lowest BCUT2D eigenvalue weighted by Crippen LogP contribution is -1.94. The second-order valence-corrected chi connectivity index (χ2v) is 6.33. The summed E-state index contributed by atoms with van der Waals surface area (Å²) in [6.45, 7) is 4.57. The fraction of sp³-hybridized carbons (Fsp3) is 1.00. The second-order valence-electron chi connectivity index (χ2n) is 6.33. The van der Waals surface area contributed by atoms with Gasteiger partial charge in [0.15, 0.2) is 0 Å². The first-order valence-corrected chi connectivity index (χ1v) is 9.04. The van der Waals surface area contributed by atoms with Crippen molar-refractivity contribution in [1.82, 2.24) is 0 Å². The van der Waals surface area contributed by atoms with Gasteiger partial charge in [0.05, 0.1) is 12.2 Å². The molecule has 0 amide bonds. The maximum Gasteiger partial charge on any atom is 0.0841 e. The molecule has 1 unspecified atom stereocenters. The largest absolute Gasteiger partial charge is 0.370 e. The molecule has 0 aromatic heterocycles. The highest BCUT2D eigenvalue weighted by atomic mass is 16.6. The highest BCUT2D eigenvalue weighted by Gasteiger charge is 2.36. The predicted molar refractivity (Wildman–Crippen MR) is 84.6 cm³/mol. The molecule has 0 aliphatic carbocycles. The SMILES string of the molecule is CCCCCCCCC1O[C@H]1CCCCCCCC. The highest BCUT2D eigenvalue weighted by Crippen LogP contribution is 2.31. The Bertz CT molecular complexity index is 170. The summed E-state index contributed by atoms with van der Waals surface area (Å²) >= 11 is 0. The van der Waals surface area contributed by atoms with Crippen molar-refractivity contribution in [3.63, 3.8) is 0 Å². The summed E-state index contributed by atoms with van der Waals surface area (Å²) in [5.74, 6) is 0. The average Bonchev–Trinajstić information content (AvgIpc) is 3.16. The zero-order valence-electron chi connectivity index (χ0n) is 13.5. The Hall–Kier alpha value is -0.0400. The Labute approximate surface area is 121 Å². The molecular formula is C18H36O. The van der Waals surface area contributed by atoms with E-state index < -0.39 is 0 Å². The van der Waals surface area contributed by atoms with Gasteiger partial charge >= 0.3 is 0 Å². The summed E-state index contributed by atoms with van der Waals surface area (Å²) in [6.07, 6.45) is 20.8. The summed E-state index contributed by atoms with van der Waals surface area (Å²) < 4.78 is 5.77. The molecule has 0 aromatic rings. The minimum atomic E-state index is 0.641. The van der Waals surface area contributed by atoms with Gasteiger partial charge in [-0.1, -0.05) is 90.9 Å². The van der Waals surface area contributed by atoms with Crippen molar-refractivity contribution in [2.45, 2.75) is 116 Å². The molecule has 0 radical (unpaired) electrons. The van der Waals surface area contributed by atoms with E-state index in [4.69, 9.17) is 4.74 Å². The molecule has 19 heavy (non-hydrogen) atoms. The van der Waals surface area contributed by atoms with Gasteiger partial charge in [-0.3, -0.25) is 0 Å². The Morgan fingerprint density at radius 2 is 0.895 bits per heavy atom. The third-order valence-corrected chi connectivity index (χ3v) is 4.37. The lowest BCUT2D eigenvalue weighted by molar-refractivity contribution is 0.347. The van der Waals surface area contributed by atoms with Crippen LogP contribution in [0.1, 0.15) is 104 Å². The third-order valence-electron chi connectivity index (χ3n) is 4.37. The van der Waals surface area contributed by atoms with E-state index in [1.54, 1.807) is 0 Å². The lowest BCUT2D eigenvalue weighted by Gasteiger charge is -2.00. The van der Waals surface area contributed by atoms with Crippen LogP contribution >= 0.6 is 0 Å². The molecule has 1 aliphatic heterocycles. The van der Waals surface area contributed by atoms with Crippen LogP contribution in [0.4, 0.5) is 0 Å². The molecule has 1 nitrogen and oxygen atoms in total. The summed E-state index contributed by atoms with van der Waals surface area (Å²) in [5.41, 5.74) is 0. The minimum Gasteiger partial charge on any atom is -0.370 e. The van der Waals surface area contributed by atoms with Crippen molar-refractivity contribution < 1.29 is 4.74 Å². The van der Waals surface area contributed by atoms with E-state index in [9.17, 15) is 0 Å².